The zero-order valence-electron chi connectivity index (χ0n) is 11.1. The maximum absolute atomic E-state index is 11.4. The van der Waals surface area contributed by atoms with Crippen LogP contribution in [0.1, 0.15) is 33.6 Å². The van der Waals surface area contributed by atoms with E-state index >= 15 is 0 Å². The van der Waals surface area contributed by atoms with Gasteiger partial charge in [-0.2, -0.15) is 0 Å². The van der Waals surface area contributed by atoms with Crippen molar-refractivity contribution in [2.75, 3.05) is 27.2 Å². The second-order valence-electron chi connectivity index (χ2n) is 5.64. The van der Waals surface area contributed by atoms with Crippen molar-refractivity contribution >= 4 is 6.09 Å². The standard InChI is InChI=1S/C12H24N2O2/c1-12(2,3)14-8-6-10(7-9-14)16-11(15)13(4)5/h10H,6-9H2,1-5H3. The molecule has 1 saturated heterocycles. The number of piperidine rings is 1. The van der Waals surface area contributed by atoms with Gasteiger partial charge in [0.1, 0.15) is 6.10 Å². The molecular weight excluding hydrogens is 204 g/mol. The first-order valence-electron chi connectivity index (χ1n) is 5.93. The number of hydrogen-bond donors (Lipinski definition) is 0. The predicted molar refractivity (Wildman–Crippen MR) is 64.5 cm³/mol. The number of ether oxygens (including phenoxy) is 1. The van der Waals surface area contributed by atoms with Gasteiger partial charge in [0, 0.05) is 32.7 Å². The lowest BCUT2D eigenvalue weighted by molar-refractivity contribution is 0.0127. The average molecular weight is 228 g/mol. The summed E-state index contributed by atoms with van der Waals surface area (Å²) in [5.74, 6) is 0. The molecule has 0 bridgehead atoms. The van der Waals surface area contributed by atoms with Gasteiger partial charge in [0.05, 0.1) is 0 Å². The zero-order chi connectivity index (χ0) is 12.3. The Morgan fingerprint density at radius 2 is 1.75 bits per heavy atom. The van der Waals surface area contributed by atoms with Gasteiger partial charge in [-0.15, -0.1) is 0 Å². The summed E-state index contributed by atoms with van der Waals surface area (Å²) < 4.78 is 5.37. The third-order valence-corrected chi connectivity index (χ3v) is 3.02. The first-order valence-corrected chi connectivity index (χ1v) is 5.93. The van der Waals surface area contributed by atoms with Gasteiger partial charge in [0.25, 0.3) is 0 Å². The molecule has 0 aliphatic carbocycles. The minimum atomic E-state index is -0.228. The van der Waals surface area contributed by atoms with E-state index in [2.05, 4.69) is 25.7 Å². The molecule has 1 amide bonds. The third-order valence-electron chi connectivity index (χ3n) is 3.02. The fraction of sp³-hybridized carbons (Fsp3) is 0.917. The van der Waals surface area contributed by atoms with Crippen molar-refractivity contribution < 1.29 is 9.53 Å². The number of likely N-dealkylation sites (tertiary alicyclic amines) is 1. The highest BCUT2D eigenvalue weighted by atomic mass is 16.6. The lowest BCUT2D eigenvalue weighted by Crippen LogP contribution is -2.48. The van der Waals surface area contributed by atoms with Gasteiger partial charge in [-0.05, 0) is 33.6 Å². The largest absolute Gasteiger partial charge is 0.446 e. The number of carbonyl (C=O) groups excluding carboxylic acids is 1. The van der Waals surface area contributed by atoms with Crippen molar-refractivity contribution in [1.29, 1.82) is 0 Å². The Bertz CT molecular complexity index is 238. The summed E-state index contributed by atoms with van der Waals surface area (Å²) in [5, 5.41) is 0. The van der Waals surface area contributed by atoms with Crippen LogP contribution < -0.4 is 0 Å². The smallest absolute Gasteiger partial charge is 0.409 e. The predicted octanol–water partition coefficient (Wildman–Crippen LogP) is 1.95. The van der Waals surface area contributed by atoms with Crippen LogP contribution in [0.5, 0.6) is 0 Å². The second-order valence-corrected chi connectivity index (χ2v) is 5.64. The van der Waals surface area contributed by atoms with Gasteiger partial charge in [-0.25, -0.2) is 4.79 Å². The number of hydrogen-bond acceptors (Lipinski definition) is 3. The SMILES string of the molecule is CN(C)C(=O)OC1CCN(C(C)(C)C)CC1. The molecule has 94 valence electrons. The Hall–Kier alpha value is -0.770. The molecule has 0 spiro atoms. The topological polar surface area (TPSA) is 32.8 Å². The van der Waals surface area contributed by atoms with Crippen LogP contribution in [-0.4, -0.2) is 54.7 Å². The van der Waals surface area contributed by atoms with E-state index in [-0.39, 0.29) is 17.7 Å². The molecule has 1 rings (SSSR count). The normalized spacial score (nSPS) is 19.6. The fourth-order valence-electron chi connectivity index (χ4n) is 1.89. The Morgan fingerprint density at radius 3 is 2.12 bits per heavy atom. The minimum Gasteiger partial charge on any atom is -0.446 e. The quantitative estimate of drug-likeness (QED) is 0.687. The van der Waals surface area contributed by atoms with Gasteiger partial charge in [-0.1, -0.05) is 0 Å². The molecule has 0 N–H and O–H groups in total. The number of carbonyl (C=O) groups is 1. The number of nitrogens with zero attached hydrogens (tertiary/aromatic N) is 2. The molecular formula is C12H24N2O2. The second kappa shape index (κ2) is 5.04. The van der Waals surface area contributed by atoms with E-state index in [4.69, 9.17) is 4.74 Å². The lowest BCUT2D eigenvalue weighted by atomic mass is 9.99. The summed E-state index contributed by atoms with van der Waals surface area (Å²) in [7, 11) is 3.43. The molecule has 1 aliphatic rings. The summed E-state index contributed by atoms with van der Waals surface area (Å²) >= 11 is 0. The first kappa shape index (κ1) is 13.3. The van der Waals surface area contributed by atoms with Crippen molar-refractivity contribution in [3.63, 3.8) is 0 Å². The van der Waals surface area contributed by atoms with Crippen molar-refractivity contribution in [2.45, 2.75) is 45.3 Å². The van der Waals surface area contributed by atoms with Crippen LogP contribution in [0, 0.1) is 0 Å². The van der Waals surface area contributed by atoms with E-state index in [1.165, 1.54) is 4.90 Å². The molecule has 0 aromatic carbocycles. The summed E-state index contributed by atoms with van der Waals surface area (Å²) in [6.45, 7) is 8.68. The van der Waals surface area contributed by atoms with Crippen molar-refractivity contribution in [3.8, 4) is 0 Å². The molecule has 1 heterocycles. The number of rotatable bonds is 1. The van der Waals surface area contributed by atoms with Crippen LogP contribution in [0.3, 0.4) is 0 Å². The highest BCUT2D eigenvalue weighted by Gasteiger charge is 2.28. The van der Waals surface area contributed by atoms with Crippen LogP contribution in [0.2, 0.25) is 0 Å². The van der Waals surface area contributed by atoms with Crippen LogP contribution in [0.15, 0.2) is 0 Å². The first-order chi connectivity index (χ1) is 7.30. The van der Waals surface area contributed by atoms with Crippen LogP contribution in [0.25, 0.3) is 0 Å². The van der Waals surface area contributed by atoms with Crippen LogP contribution >= 0.6 is 0 Å². The minimum absolute atomic E-state index is 0.0912. The highest BCUT2D eigenvalue weighted by Crippen LogP contribution is 2.21. The molecule has 4 heteroatoms. The monoisotopic (exact) mass is 228 g/mol. The van der Waals surface area contributed by atoms with E-state index in [9.17, 15) is 4.79 Å². The maximum Gasteiger partial charge on any atom is 0.409 e. The molecule has 0 saturated carbocycles. The molecule has 16 heavy (non-hydrogen) atoms. The Balaban J connectivity index is 2.35. The van der Waals surface area contributed by atoms with Crippen molar-refractivity contribution in [2.24, 2.45) is 0 Å². The molecule has 4 nitrogen and oxygen atoms in total. The average Bonchev–Trinajstić information content (AvgIpc) is 2.17. The number of amides is 1. The van der Waals surface area contributed by atoms with Gasteiger partial charge >= 0.3 is 6.09 Å². The van der Waals surface area contributed by atoms with E-state index < -0.39 is 0 Å². The van der Waals surface area contributed by atoms with Crippen molar-refractivity contribution in [1.82, 2.24) is 9.80 Å². The Labute approximate surface area is 98.5 Å². The van der Waals surface area contributed by atoms with E-state index in [1.807, 2.05) is 0 Å². The van der Waals surface area contributed by atoms with E-state index in [0.717, 1.165) is 25.9 Å². The molecule has 0 aromatic heterocycles. The highest BCUT2D eigenvalue weighted by molar-refractivity contribution is 5.66. The molecule has 0 radical (unpaired) electrons. The maximum atomic E-state index is 11.4. The molecule has 0 aromatic rings. The molecule has 1 aliphatic heterocycles. The molecule has 1 fully saturated rings. The van der Waals surface area contributed by atoms with Crippen molar-refractivity contribution in [3.05, 3.63) is 0 Å². The summed E-state index contributed by atoms with van der Waals surface area (Å²) in [4.78, 5) is 15.3. The fourth-order valence-corrected chi connectivity index (χ4v) is 1.89. The summed E-state index contributed by atoms with van der Waals surface area (Å²) in [5.41, 5.74) is 0.219. The van der Waals surface area contributed by atoms with E-state index in [1.54, 1.807) is 14.1 Å². The summed E-state index contributed by atoms with van der Waals surface area (Å²) in [6, 6.07) is 0. The molecule has 0 unspecified atom stereocenters. The van der Waals surface area contributed by atoms with Gasteiger partial charge in [-0.3, -0.25) is 4.90 Å². The molecule has 0 atom stereocenters. The van der Waals surface area contributed by atoms with Crippen LogP contribution in [0.4, 0.5) is 4.79 Å². The van der Waals surface area contributed by atoms with Crippen LogP contribution in [-0.2, 0) is 4.74 Å². The van der Waals surface area contributed by atoms with Gasteiger partial charge in [0.15, 0.2) is 0 Å². The summed E-state index contributed by atoms with van der Waals surface area (Å²) in [6.07, 6.45) is 1.75. The Kier molecular flexibility index (Phi) is 4.19. The zero-order valence-corrected chi connectivity index (χ0v) is 11.1. The van der Waals surface area contributed by atoms with Gasteiger partial charge in [0.2, 0.25) is 0 Å². The van der Waals surface area contributed by atoms with E-state index in [0.29, 0.717) is 0 Å². The Morgan fingerprint density at radius 1 is 1.25 bits per heavy atom. The van der Waals surface area contributed by atoms with Gasteiger partial charge < -0.3 is 9.64 Å². The third kappa shape index (κ3) is 3.67. The lowest BCUT2D eigenvalue weighted by Gasteiger charge is -2.40.